The average molecular weight is 363 g/mol. The van der Waals surface area contributed by atoms with E-state index in [1.54, 1.807) is 0 Å². The maximum absolute atomic E-state index is 12.0. The second-order valence-electron chi connectivity index (χ2n) is 6.12. The molecule has 26 heavy (non-hydrogen) atoms. The van der Waals surface area contributed by atoms with Crippen LogP contribution in [0, 0.1) is 0 Å². The van der Waals surface area contributed by atoms with Crippen molar-refractivity contribution in [3.05, 3.63) is 46.3 Å². The van der Waals surface area contributed by atoms with Gasteiger partial charge < -0.3 is 23.7 Å². The molecule has 2 aliphatic heterocycles. The lowest BCUT2D eigenvalue weighted by Crippen LogP contribution is -2.63. The molecule has 0 aliphatic carbocycles. The first kappa shape index (κ1) is 18.8. The van der Waals surface area contributed by atoms with Crippen molar-refractivity contribution in [1.29, 1.82) is 0 Å². The molecule has 0 bridgehead atoms. The van der Waals surface area contributed by atoms with Gasteiger partial charge in [-0.05, 0) is 12.5 Å². The van der Waals surface area contributed by atoms with Gasteiger partial charge in [-0.2, -0.15) is 0 Å². The van der Waals surface area contributed by atoms with Crippen molar-refractivity contribution < 1.29 is 28.5 Å². The third-order valence-corrected chi connectivity index (χ3v) is 4.39. The summed E-state index contributed by atoms with van der Waals surface area (Å²) in [6.07, 6.45) is -3.46. The SMILES string of the molecule is COCO[C@H]1C(N=[N+]=[N-])[C@H]2OC(c3ccccc3)OCC2O[C@H]1C(C)=O. The van der Waals surface area contributed by atoms with Crippen LogP contribution in [0.15, 0.2) is 35.4 Å². The predicted molar refractivity (Wildman–Crippen MR) is 89.0 cm³/mol. The van der Waals surface area contributed by atoms with Crippen LogP contribution in [0.4, 0.5) is 0 Å². The molecule has 3 unspecified atom stereocenters. The molecule has 1 aromatic carbocycles. The summed E-state index contributed by atoms with van der Waals surface area (Å²) in [6.45, 7) is 1.55. The van der Waals surface area contributed by atoms with E-state index in [-0.39, 0.29) is 19.2 Å². The Hall–Kier alpha value is -2.00. The molecule has 0 amide bonds. The van der Waals surface area contributed by atoms with E-state index < -0.39 is 36.7 Å². The Kier molecular flexibility index (Phi) is 6.20. The molecule has 0 saturated carbocycles. The standard InChI is InChI=1S/C17H21N3O6/c1-10(21)14-16(24-9-22-2)13(19-20-18)15-12(25-14)8-23-17(26-15)11-6-4-3-5-7-11/h3-7,12-17H,8-9H2,1-2H3/t12?,13?,14-,15-,16-,17?/m0/s1. The van der Waals surface area contributed by atoms with Gasteiger partial charge >= 0.3 is 0 Å². The molecule has 2 heterocycles. The lowest BCUT2D eigenvalue weighted by atomic mass is 9.90. The fourth-order valence-corrected chi connectivity index (χ4v) is 3.23. The highest BCUT2D eigenvalue weighted by Gasteiger charge is 2.51. The molecule has 1 aromatic rings. The van der Waals surface area contributed by atoms with Gasteiger partial charge in [0, 0.05) is 17.6 Å². The van der Waals surface area contributed by atoms with Gasteiger partial charge in [0.1, 0.15) is 31.2 Å². The van der Waals surface area contributed by atoms with Crippen LogP contribution < -0.4 is 0 Å². The Morgan fingerprint density at radius 3 is 2.77 bits per heavy atom. The van der Waals surface area contributed by atoms with E-state index in [9.17, 15) is 4.79 Å². The third kappa shape index (κ3) is 3.88. The number of fused-ring (bicyclic) bond motifs is 1. The fourth-order valence-electron chi connectivity index (χ4n) is 3.23. The number of Topliss-reactive ketones (excluding diaryl/α,β-unsaturated/α-hetero) is 1. The zero-order valence-electron chi connectivity index (χ0n) is 14.6. The fraction of sp³-hybridized carbons (Fsp3) is 0.588. The number of hydrogen-bond donors (Lipinski definition) is 0. The second kappa shape index (κ2) is 8.59. The van der Waals surface area contributed by atoms with Crippen LogP contribution in [0.25, 0.3) is 10.4 Å². The monoisotopic (exact) mass is 363 g/mol. The Balaban J connectivity index is 1.86. The van der Waals surface area contributed by atoms with Gasteiger partial charge in [0.2, 0.25) is 0 Å². The number of nitrogens with zero attached hydrogens (tertiary/aromatic N) is 3. The van der Waals surface area contributed by atoms with Crippen LogP contribution in [0.3, 0.4) is 0 Å². The minimum Gasteiger partial charge on any atom is -0.359 e. The van der Waals surface area contributed by atoms with Gasteiger partial charge in [0.15, 0.2) is 12.1 Å². The molecule has 2 aliphatic rings. The van der Waals surface area contributed by atoms with Crippen LogP contribution in [0.2, 0.25) is 0 Å². The van der Waals surface area contributed by atoms with Crippen molar-refractivity contribution in [3.63, 3.8) is 0 Å². The van der Waals surface area contributed by atoms with Gasteiger partial charge in [-0.1, -0.05) is 35.4 Å². The van der Waals surface area contributed by atoms with Gasteiger partial charge in [0.05, 0.1) is 12.6 Å². The topological polar surface area (TPSA) is 112 Å². The summed E-state index contributed by atoms with van der Waals surface area (Å²) in [5.74, 6) is -0.229. The number of ether oxygens (including phenoxy) is 5. The Bertz CT molecular complexity index is 666. The van der Waals surface area contributed by atoms with Gasteiger partial charge in [-0.3, -0.25) is 4.79 Å². The van der Waals surface area contributed by atoms with E-state index in [0.717, 1.165) is 5.56 Å². The zero-order valence-corrected chi connectivity index (χ0v) is 14.6. The van der Waals surface area contributed by atoms with Crippen molar-refractivity contribution in [1.82, 2.24) is 0 Å². The van der Waals surface area contributed by atoms with Crippen LogP contribution in [-0.2, 0) is 28.5 Å². The first-order valence-corrected chi connectivity index (χ1v) is 8.28. The molecule has 2 fully saturated rings. The molecule has 3 rings (SSSR count). The minimum absolute atomic E-state index is 0.0642. The molecular formula is C17H21N3O6. The molecule has 0 radical (unpaired) electrons. The maximum Gasteiger partial charge on any atom is 0.184 e. The largest absolute Gasteiger partial charge is 0.359 e. The highest BCUT2D eigenvalue weighted by atomic mass is 16.7. The molecule has 0 aromatic heterocycles. The molecule has 140 valence electrons. The van der Waals surface area contributed by atoms with E-state index in [1.165, 1.54) is 14.0 Å². The molecule has 6 atom stereocenters. The lowest BCUT2D eigenvalue weighted by molar-refractivity contribution is -0.309. The summed E-state index contributed by atoms with van der Waals surface area (Å²) in [7, 11) is 1.47. The van der Waals surface area contributed by atoms with Gasteiger partial charge in [-0.25, -0.2) is 0 Å². The van der Waals surface area contributed by atoms with Crippen molar-refractivity contribution in [2.45, 2.75) is 43.7 Å². The molecular weight excluding hydrogens is 342 g/mol. The smallest absolute Gasteiger partial charge is 0.184 e. The molecule has 9 heteroatoms. The van der Waals surface area contributed by atoms with Crippen LogP contribution in [0.1, 0.15) is 18.8 Å². The van der Waals surface area contributed by atoms with Crippen molar-refractivity contribution >= 4 is 5.78 Å². The summed E-state index contributed by atoms with van der Waals surface area (Å²) in [4.78, 5) is 14.9. The Morgan fingerprint density at radius 2 is 2.12 bits per heavy atom. The zero-order chi connectivity index (χ0) is 18.5. The summed E-state index contributed by atoms with van der Waals surface area (Å²) in [6, 6.07) is 8.67. The second-order valence-corrected chi connectivity index (χ2v) is 6.12. The minimum atomic E-state index is -0.887. The molecule has 9 nitrogen and oxygen atoms in total. The van der Waals surface area contributed by atoms with E-state index in [2.05, 4.69) is 10.0 Å². The summed E-state index contributed by atoms with van der Waals surface area (Å²) in [5.41, 5.74) is 9.86. The third-order valence-electron chi connectivity index (χ3n) is 4.39. The summed E-state index contributed by atoms with van der Waals surface area (Å²) >= 11 is 0. The molecule has 0 spiro atoms. The number of carbonyl (C=O) groups excluding carboxylic acids is 1. The van der Waals surface area contributed by atoms with E-state index >= 15 is 0 Å². The predicted octanol–water partition coefficient (Wildman–Crippen LogP) is 2.12. The summed E-state index contributed by atoms with van der Waals surface area (Å²) in [5, 5.41) is 3.85. The highest BCUT2D eigenvalue weighted by molar-refractivity contribution is 5.81. The van der Waals surface area contributed by atoms with Crippen LogP contribution in [0.5, 0.6) is 0 Å². The Morgan fingerprint density at radius 1 is 1.35 bits per heavy atom. The first-order chi connectivity index (χ1) is 12.7. The number of methoxy groups -OCH3 is 1. The van der Waals surface area contributed by atoms with Crippen LogP contribution >= 0.6 is 0 Å². The average Bonchev–Trinajstić information content (AvgIpc) is 2.67. The lowest BCUT2D eigenvalue weighted by Gasteiger charge is -2.47. The number of hydrogen-bond acceptors (Lipinski definition) is 7. The molecule has 2 saturated heterocycles. The van der Waals surface area contributed by atoms with E-state index in [1.807, 2.05) is 30.3 Å². The quantitative estimate of drug-likeness (QED) is 0.331. The van der Waals surface area contributed by atoms with Gasteiger partial charge in [0.25, 0.3) is 0 Å². The first-order valence-electron chi connectivity index (χ1n) is 8.28. The highest BCUT2D eigenvalue weighted by Crippen LogP contribution is 2.36. The number of benzene rings is 1. The van der Waals surface area contributed by atoms with Crippen LogP contribution in [-0.4, -0.2) is 56.8 Å². The number of azide groups is 1. The number of carbonyl (C=O) groups is 1. The summed E-state index contributed by atoms with van der Waals surface area (Å²) < 4.78 is 28.2. The van der Waals surface area contributed by atoms with Crippen molar-refractivity contribution in [3.8, 4) is 0 Å². The van der Waals surface area contributed by atoms with Crippen molar-refractivity contribution in [2.24, 2.45) is 5.11 Å². The number of ketones is 1. The number of rotatable bonds is 6. The normalized spacial score (nSPS) is 33.8. The maximum atomic E-state index is 12.0. The van der Waals surface area contributed by atoms with Crippen molar-refractivity contribution in [2.75, 3.05) is 20.5 Å². The Labute approximate surface area is 150 Å². The van der Waals surface area contributed by atoms with Gasteiger partial charge in [-0.15, -0.1) is 0 Å². The molecule has 0 N–H and O–H groups in total. The van der Waals surface area contributed by atoms with E-state index in [0.29, 0.717) is 0 Å². The van der Waals surface area contributed by atoms with E-state index in [4.69, 9.17) is 29.2 Å².